The summed E-state index contributed by atoms with van der Waals surface area (Å²) in [4.78, 5) is 11.4. The Morgan fingerprint density at radius 3 is 3.10 bits per heavy atom. The van der Waals surface area contributed by atoms with Crippen LogP contribution in [0, 0.1) is 6.92 Å². The lowest BCUT2D eigenvalue weighted by atomic mass is 10.1. The number of aromatic nitrogens is 2. The van der Waals surface area contributed by atoms with Crippen molar-refractivity contribution in [2.24, 2.45) is 0 Å². The molecule has 5 nitrogen and oxygen atoms in total. The lowest BCUT2D eigenvalue weighted by Crippen LogP contribution is -2.45. The van der Waals surface area contributed by atoms with Gasteiger partial charge in [-0.15, -0.1) is 0 Å². The number of hydrogen-bond donors (Lipinski definition) is 1. The van der Waals surface area contributed by atoms with E-state index >= 15 is 0 Å². The number of rotatable bonds is 3. The van der Waals surface area contributed by atoms with Crippen LogP contribution in [-0.2, 0) is 11.2 Å². The number of nitrogens with zero attached hydrogens (tertiary/aromatic N) is 3. The maximum Gasteiger partial charge on any atom is 0.133 e. The van der Waals surface area contributed by atoms with E-state index in [4.69, 9.17) is 4.74 Å². The number of morpholine rings is 1. The Hall–Kier alpha value is -1.20. The Morgan fingerprint density at radius 1 is 1.45 bits per heavy atom. The first-order chi connectivity index (χ1) is 9.65. The molecule has 2 saturated heterocycles. The molecule has 2 aliphatic rings. The number of nitrogens with one attached hydrogen (secondary N) is 1. The Balaban J connectivity index is 1.68. The van der Waals surface area contributed by atoms with Crippen LogP contribution < -0.4 is 5.32 Å². The molecule has 2 fully saturated rings. The SMILES string of the molecule is CCc1cnc(C)nc1N[C@H]1C[C@H]2CO[C@H](C)CN2C1. The highest BCUT2D eigenvalue weighted by Crippen LogP contribution is 2.26. The van der Waals surface area contributed by atoms with Crippen molar-refractivity contribution in [3.8, 4) is 0 Å². The van der Waals surface area contributed by atoms with E-state index in [1.807, 2.05) is 13.1 Å². The minimum Gasteiger partial charge on any atom is -0.376 e. The van der Waals surface area contributed by atoms with E-state index in [0.717, 1.165) is 44.2 Å². The van der Waals surface area contributed by atoms with Crippen molar-refractivity contribution in [3.63, 3.8) is 0 Å². The monoisotopic (exact) mass is 276 g/mol. The Kier molecular flexibility index (Phi) is 3.89. The molecule has 0 aromatic carbocycles. The molecular weight excluding hydrogens is 252 g/mol. The van der Waals surface area contributed by atoms with Crippen LogP contribution in [0.25, 0.3) is 0 Å². The summed E-state index contributed by atoms with van der Waals surface area (Å²) < 4.78 is 5.76. The third-order valence-electron chi connectivity index (χ3n) is 4.30. The zero-order valence-corrected chi connectivity index (χ0v) is 12.6. The van der Waals surface area contributed by atoms with Gasteiger partial charge < -0.3 is 10.1 Å². The van der Waals surface area contributed by atoms with E-state index in [9.17, 15) is 0 Å². The smallest absolute Gasteiger partial charge is 0.133 e. The number of ether oxygens (including phenoxy) is 1. The number of fused-ring (bicyclic) bond motifs is 1. The van der Waals surface area contributed by atoms with Crippen molar-refractivity contribution < 1.29 is 4.74 Å². The van der Waals surface area contributed by atoms with Gasteiger partial charge in [0, 0.05) is 36.9 Å². The largest absolute Gasteiger partial charge is 0.376 e. The van der Waals surface area contributed by atoms with Gasteiger partial charge in [-0.1, -0.05) is 6.92 Å². The normalized spacial score (nSPS) is 30.2. The molecule has 3 heterocycles. The highest BCUT2D eigenvalue weighted by atomic mass is 16.5. The maximum absolute atomic E-state index is 5.76. The first-order valence-corrected chi connectivity index (χ1v) is 7.60. The van der Waals surface area contributed by atoms with Gasteiger partial charge in [-0.3, -0.25) is 4.90 Å². The van der Waals surface area contributed by atoms with Gasteiger partial charge in [0.1, 0.15) is 11.6 Å². The lowest BCUT2D eigenvalue weighted by molar-refractivity contribution is -0.0390. The van der Waals surface area contributed by atoms with E-state index in [1.165, 1.54) is 5.56 Å². The number of aryl methyl sites for hydroxylation is 2. The minimum absolute atomic E-state index is 0.359. The average molecular weight is 276 g/mol. The predicted octanol–water partition coefficient (Wildman–Crippen LogP) is 1.62. The Morgan fingerprint density at radius 2 is 2.30 bits per heavy atom. The zero-order valence-electron chi connectivity index (χ0n) is 12.6. The molecule has 0 unspecified atom stereocenters. The third-order valence-corrected chi connectivity index (χ3v) is 4.30. The van der Waals surface area contributed by atoms with Crippen molar-refractivity contribution in [2.75, 3.05) is 25.0 Å². The molecule has 1 aromatic rings. The molecule has 1 aromatic heterocycles. The van der Waals surface area contributed by atoms with E-state index in [0.29, 0.717) is 18.2 Å². The van der Waals surface area contributed by atoms with E-state index in [1.54, 1.807) is 0 Å². The molecule has 0 saturated carbocycles. The van der Waals surface area contributed by atoms with Gasteiger partial charge >= 0.3 is 0 Å². The van der Waals surface area contributed by atoms with Crippen molar-refractivity contribution in [3.05, 3.63) is 17.6 Å². The van der Waals surface area contributed by atoms with Gasteiger partial charge in [0.2, 0.25) is 0 Å². The molecule has 0 spiro atoms. The highest BCUT2D eigenvalue weighted by Gasteiger charge is 2.36. The van der Waals surface area contributed by atoms with Gasteiger partial charge in [0.05, 0.1) is 12.7 Å². The van der Waals surface area contributed by atoms with Crippen molar-refractivity contribution in [2.45, 2.75) is 51.8 Å². The maximum atomic E-state index is 5.76. The van der Waals surface area contributed by atoms with Crippen LogP contribution >= 0.6 is 0 Å². The topological polar surface area (TPSA) is 50.3 Å². The number of hydrogen-bond acceptors (Lipinski definition) is 5. The number of anilines is 1. The first kappa shape index (κ1) is 13.8. The second kappa shape index (κ2) is 5.66. The highest BCUT2D eigenvalue weighted by molar-refractivity contribution is 5.44. The third kappa shape index (κ3) is 2.79. The van der Waals surface area contributed by atoms with Crippen LogP contribution in [-0.4, -0.2) is 52.8 Å². The van der Waals surface area contributed by atoms with Crippen LogP contribution in [0.15, 0.2) is 6.20 Å². The Labute approximate surface area is 120 Å². The quantitative estimate of drug-likeness (QED) is 0.909. The second-order valence-electron chi connectivity index (χ2n) is 5.97. The van der Waals surface area contributed by atoms with Crippen LogP contribution in [0.4, 0.5) is 5.82 Å². The molecule has 3 rings (SSSR count). The van der Waals surface area contributed by atoms with Crippen molar-refractivity contribution >= 4 is 5.82 Å². The van der Waals surface area contributed by atoms with Gasteiger partial charge in [-0.05, 0) is 26.7 Å². The Bertz CT molecular complexity index is 479. The summed E-state index contributed by atoms with van der Waals surface area (Å²) >= 11 is 0. The fraction of sp³-hybridized carbons (Fsp3) is 0.733. The predicted molar refractivity (Wildman–Crippen MR) is 78.9 cm³/mol. The molecule has 0 aliphatic carbocycles. The fourth-order valence-electron chi connectivity index (χ4n) is 3.22. The standard InChI is InChI=1S/C15H24N4O/c1-4-12-6-16-11(3)17-15(12)18-13-5-14-9-20-10(2)7-19(14)8-13/h6,10,13-14H,4-5,7-9H2,1-3H3,(H,16,17,18)/t10-,13+,14+/m1/s1. The summed E-state index contributed by atoms with van der Waals surface area (Å²) in [6.07, 6.45) is 4.40. The van der Waals surface area contributed by atoms with Gasteiger partial charge in [-0.2, -0.15) is 0 Å². The van der Waals surface area contributed by atoms with E-state index in [-0.39, 0.29) is 0 Å². The zero-order chi connectivity index (χ0) is 14.1. The average Bonchev–Trinajstić information content (AvgIpc) is 2.80. The molecule has 0 amide bonds. The van der Waals surface area contributed by atoms with Gasteiger partial charge in [0.15, 0.2) is 0 Å². The van der Waals surface area contributed by atoms with Crippen LogP contribution in [0.2, 0.25) is 0 Å². The van der Waals surface area contributed by atoms with Crippen molar-refractivity contribution in [1.29, 1.82) is 0 Å². The van der Waals surface area contributed by atoms with Crippen LogP contribution in [0.3, 0.4) is 0 Å². The minimum atomic E-state index is 0.359. The lowest BCUT2D eigenvalue weighted by Gasteiger charge is -2.33. The summed E-state index contributed by atoms with van der Waals surface area (Å²) in [6, 6.07) is 1.03. The molecule has 2 aliphatic heterocycles. The molecular formula is C15H24N4O. The summed E-state index contributed by atoms with van der Waals surface area (Å²) in [5.41, 5.74) is 1.20. The van der Waals surface area contributed by atoms with Crippen LogP contribution in [0.1, 0.15) is 31.7 Å². The summed E-state index contributed by atoms with van der Waals surface area (Å²) in [5, 5.41) is 3.62. The van der Waals surface area contributed by atoms with Crippen molar-refractivity contribution in [1.82, 2.24) is 14.9 Å². The molecule has 1 N–H and O–H groups in total. The summed E-state index contributed by atoms with van der Waals surface area (Å²) in [6.45, 7) is 9.24. The molecule has 0 bridgehead atoms. The molecule has 20 heavy (non-hydrogen) atoms. The van der Waals surface area contributed by atoms with E-state index < -0.39 is 0 Å². The molecule has 110 valence electrons. The molecule has 5 heteroatoms. The summed E-state index contributed by atoms with van der Waals surface area (Å²) in [5.74, 6) is 1.84. The van der Waals surface area contributed by atoms with E-state index in [2.05, 4.69) is 34.0 Å². The molecule has 3 atom stereocenters. The van der Waals surface area contributed by atoms with Gasteiger partial charge in [-0.25, -0.2) is 9.97 Å². The summed E-state index contributed by atoms with van der Waals surface area (Å²) in [7, 11) is 0. The first-order valence-electron chi connectivity index (χ1n) is 7.60. The second-order valence-corrected chi connectivity index (χ2v) is 5.97. The van der Waals surface area contributed by atoms with Gasteiger partial charge in [0.25, 0.3) is 0 Å². The fourth-order valence-corrected chi connectivity index (χ4v) is 3.22. The van der Waals surface area contributed by atoms with Crippen LogP contribution in [0.5, 0.6) is 0 Å². The molecule has 0 radical (unpaired) electrons.